The highest BCUT2D eigenvalue weighted by atomic mass is 15.1. The van der Waals surface area contributed by atoms with Crippen LogP contribution in [0.5, 0.6) is 0 Å². The molecule has 1 aromatic heterocycles. The van der Waals surface area contributed by atoms with Gasteiger partial charge in [0.2, 0.25) is 0 Å². The largest absolute Gasteiger partial charge is 0.383 e. The van der Waals surface area contributed by atoms with Gasteiger partial charge in [-0.1, -0.05) is 18.2 Å². The quantitative estimate of drug-likeness (QED) is 0.770. The monoisotopic (exact) mass is 279 g/mol. The summed E-state index contributed by atoms with van der Waals surface area (Å²) in [5.74, 6) is 0. The van der Waals surface area contributed by atoms with Crippen LogP contribution in [0.25, 0.3) is 11.0 Å². The van der Waals surface area contributed by atoms with Crippen LogP contribution in [0.4, 0.5) is 5.69 Å². The second-order valence-electron chi connectivity index (χ2n) is 5.67. The van der Waals surface area contributed by atoms with Crippen molar-refractivity contribution < 1.29 is 0 Å². The molecule has 21 heavy (non-hydrogen) atoms. The first-order chi connectivity index (χ1) is 10.1. The summed E-state index contributed by atoms with van der Waals surface area (Å²) in [6.07, 6.45) is 1.95. The van der Waals surface area contributed by atoms with Crippen LogP contribution < -0.4 is 5.32 Å². The van der Waals surface area contributed by atoms with E-state index in [4.69, 9.17) is 0 Å². The van der Waals surface area contributed by atoms with Gasteiger partial charge in [-0.2, -0.15) is 0 Å². The van der Waals surface area contributed by atoms with E-state index in [1.165, 1.54) is 16.6 Å². The van der Waals surface area contributed by atoms with E-state index in [0.717, 1.165) is 17.7 Å². The summed E-state index contributed by atoms with van der Waals surface area (Å²) in [7, 11) is 0. The first kappa shape index (κ1) is 13.7. The molecule has 1 heterocycles. The summed E-state index contributed by atoms with van der Waals surface area (Å²) in [6.45, 7) is 7.38. The predicted octanol–water partition coefficient (Wildman–Crippen LogP) is 4.33. The molecule has 3 aromatic rings. The summed E-state index contributed by atoms with van der Waals surface area (Å²) >= 11 is 0. The number of hydrogen-bond acceptors (Lipinski definition) is 2. The van der Waals surface area contributed by atoms with Crippen LogP contribution in [0.3, 0.4) is 0 Å². The molecule has 3 nitrogen and oxygen atoms in total. The number of benzene rings is 2. The molecule has 0 bridgehead atoms. The number of anilines is 1. The molecule has 1 atom stereocenters. The maximum atomic E-state index is 4.53. The lowest BCUT2D eigenvalue weighted by Gasteiger charge is -2.16. The fraction of sp³-hybridized carbons (Fsp3) is 0.278. The van der Waals surface area contributed by atoms with Crippen molar-refractivity contribution in [2.75, 3.05) is 11.9 Å². The molecule has 0 fully saturated rings. The highest BCUT2D eigenvalue weighted by molar-refractivity contribution is 5.77. The molecule has 1 N–H and O–H groups in total. The molecule has 0 amide bonds. The normalized spacial score (nSPS) is 12.5. The van der Waals surface area contributed by atoms with Gasteiger partial charge in [0, 0.05) is 18.3 Å². The van der Waals surface area contributed by atoms with Gasteiger partial charge in [0.05, 0.1) is 17.4 Å². The van der Waals surface area contributed by atoms with Crippen LogP contribution in [0.15, 0.2) is 48.8 Å². The highest BCUT2D eigenvalue weighted by Crippen LogP contribution is 2.22. The maximum absolute atomic E-state index is 4.53. The van der Waals surface area contributed by atoms with Crippen molar-refractivity contribution >= 4 is 16.7 Å². The van der Waals surface area contributed by atoms with E-state index in [1.54, 1.807) is 0 Å². The van der Waals surface area contributed by atoms with Gasteiger partial charge in [0.1, 0.15) is 0 Å². The number of nitrogens with one attached hydrogen (secondary N) is 1. The molecular weight excluding hydrogens is 258 g/mol. The van der Waals surface area contributed by atoms with Gasteiger partial charge in [0.15, 0.2) is 0 Å². The Morgan fingerprint density at radius 2 is 1.81 bits per heavy atom. The third-order valence-corrected chi connectivity index (χ3v) is 4.04. The second kappa shape index (κ2) is 5.60. The Hall–Kier alpha value is -2.29. The van der Waals surface area contributed by atoms with Crippen molar-refractivity contribution in [1.29, 1.82) is 0 Å². The Kier molecular flexibility index (Phi) is 3.65. The minimum Gasteiger partial charge on any atom is -0.383 e. The lowest BCUT2D eigenvalue weighted by molar-refractivity contribution is 0.589. The molecule has 0 saturated carbocycles. The number of nitrogens with zero attached hydrogens (tertiary/aromatic N) is 2. The first-order valence-electron chi connectivity index (χ1n) is 7.38. The Morgan fingerprint density at radius 1 is 1.10 bits per heavy atom. The highest BCUT2D eigenvalue weighted by Gasteiger charge is 2.10. The number of para-hydroxylation sites is 1. The Morgan fingerprint density at radius 3 is 2.57 bits per heavy atom. The molecule has 0 spiro atoms. The first-order valence-corrected chi connectivity index (χ1v) is 7.38. The van der Waals surface area contributed by atoms with E-state index in [9.17, 15) is 0 Å². The zero-order valence-corrected chi connectivity index (χ0v) is 12.8. The van der Waals surface area contributed by atoms with Gasteiger partial charge in [-0.3, -0.25) is 0 Å². The molecule has 0 aliphatic carbocycles. The lowest BCUT2D eigenvalue weighted by atomic mass is 10.1. The number of aromatic nitrogens is 2. The van der Waals surface area contributed by atoms with Gasteiger partial charge in [-0.15, -0.1) is 0 Å². The third-order valence-electron chi connectivity index (χ3n) is 4.04. The van der Waals surface area contributed by atoms with Crippen LogP contribution >= 0.6 is 0 Å². The molecule has 3 rings (SSSR count). The second-order valence-corrected chi connectivity index (χ2v) is 5.67. The van der Waals surface area contributed by atoms with Crippen molar-refractivity contribution in [1.82, 2.24) is 9.55 Å². The molecule has 0 aliphatic heterocycles. The molecule has 2 aromatic carbocycles. The standard InChI is InChI=1S/C18H21N3/c1-13-9-17-18(10-14(13)2)21(12-20-17)15(3)11-19-16-7-5-4-6-8-16/h4-10,12,15,19H,11H2,1-3H3. The molecular formula is C18H21N3. The molecule has 108 valence electrons. The zero-order valence-electron chi connectivity index (χ0n) is 12.8. The van der Waals surface area contributed by atoms with Gasteiger partial charge >= 0.3 is 0 Å². The summed E-state index contributed by atoms with van der Waals surface area (Å²) in [5.41, 5.74) is 6.04. The van der Waals surface area contributed by atoms with E-state index in [2.05, 4.69) is 59.9 Å². The minimum absolute atomic E-state index is 0.345. The van der Waals surface area contributed by atoms with Crippen molar-refractivity contribution in [2.45, 2.75) is 26.8 Å². The Labute approximate surface area is 125 Å². The number of rotatable bonds is 4. The SMILES string of the molecule is Cc1cc2ncn(C(C)CNc3ccccc3)c2cc1C. The third kappa shape index (κ3) is 2.77. The Bertz CT molecular complexity index is 744. The maximum Gasteiger partial charge on any atom is 0.0961 e. The number of imidazole rings is 1. The van der Waals surface area contributed by atoms with Crippen molar-refractivity contribution in [2.24, 2.45) is 0 Å². The summed E-state index contributed by atoms with van der Waals surface area (Å²) in [5, 5.41) is 3.47. The van der Waals surface area contributed by atoms with Crippen molar-refractivity contribution in [3.63, 3.8) is 0 Å². The molecule has 0 saturated heterocycles. The van der Waals surface area contributed by atoms with E-state index < -0.39 is 0 Å². The topological polar surface area (TPSA) is 29.9 Å². The molecule has 1 unspecified atom stereocenters. The van der Waals surface area contributed by atoms with E-state index in [1.807, 2.05) is 24.5 Å². The van der Waals surface area contributed by atoms with Gasteiger partial charge in [-0.05, 0) is 56.2 Å². The van der Waals surface area contributed by atoms with Crippen molar-refractivity contribution in [3.05, 3.63) is 59.9 Å². The fourth-order valence-electron chi connectivity index (χ4n) is 2.55. The number of hydrogen-bond donors (Lipinski definition) is 1. The van der Waals surface area contributed by atoms with Crippen LogP contribution in [0.1, 0.15) is 24.1 Å². The Balaban J connectivity index is 1.81. The lowest BCUT2D eigenvalue weighted by Crippen LogP contribution is -2.15. The van der Waals surface area contributed by atoms with Gasteiger partial charge in [0.25, 0.3) is 0 Å². The number of aryl methyl sites for hydroxylation is 2. The van der Waals surface area contributed by atoms with Crippen LogP contribution in [0.2, 0.25) is 0 Å². The summed E-state index contributed by atoms with van der Waals surface area (Å²) in [4.78, 5) is 4.53. The van der Waals surface area contributed by atoms with Crippen LogP contribution in [-0.4, -0.2) is 16.1 Å². The van der Waals surface area contributed by atoms with Gasteiger partial charge in [-0.25, -0.2) is 4.98 Å². The molecule has 0 aliphatic rings. The predicted molar refractivity (Wildman–Crippen MR) is 88.8 cm³/mol. The summed E-state index contributed by atoms with van der Waals surface area (Å²) < 4.78 is 2.25. The minimum atomic E-state index is 0.345. The summed E-state index contributed by atoms with van der Waals surface area (Å²) in [6, 6.07) is 15.0. The van der Waals surface area contributed by atoms with Gasteiger partial charge < -0.3 is 9.88 Å². The molecule has 3 heteroatoms. The molecule has 0 radical (unpaired) electrons. The van der Waals surface area contributed by atoms with E-state index in [0.29, 0.717) is 6.04 Å². The van der Waals surface area contributed by atoms with Crippen LogP contribution in [0, 0.1) is 13.8 Å². The number of fused-ring (bicyclic) bond motifs is 1. The average Bonchev–Trinajstić information content (AvgIpc) is 2.89. The van der Waals surface area contributed by atoms with E-state index >= 15 is 0 Å². The smallest absolute Gasteiger partial charge is 0.0961 e. The van der Waals surface area contributed by atoms with Crippen molar-refractivity contribution in [3.8, 4) is 0 Å². The van der Waals surface area contributed by atoms with Crippen LogP contribution in [-0.2, 0) is 0 Å². The zero-order chi connectivity index (χ0) is 14.8. The fourth-order valence-corrected chi connectivity index (χ4v) is 2.55. The van der Waals surface area contributed by atoms with E-state index in [-0.39, 0.29) is 0 Å². The average molecular weight is 279 g/mol.